The second kappa shape index (κ2) is 4.38. The number of carbonyl (C=O) groups excluding carboxylic acids is 1. The van der Waals surface area contributed by atoms with Gasteiger partial charge in [0, 0.05) is 0 Å². The van der Waals surface area contributed by atoms with E-state index >= 15 is 0 Å². The third kappa shape index (κ3) is 2.83. The predicted molar refractivity (Wildman–Crippen MR) is 61.4 cm³/mol. The van der Waals surface area contributed by atoms with E-state index in [-0.39, 0.29) is 17.3 Å². The van der Waals surface area contributed by atoms with Crippen LogP contribution in [0.2, 0.25) is 0 Å². The van der Waals surface area contributed by atoms with Crippen molar-refractivity contribution in [2.24, 2.45) is 17.3 Å². The molecule has 0 aromatic carbocycles. The monoisotopic (exact) mass is 210 g/mol. The molecule has 15 heavy (non-hydrogen) atoms. The van der Waals surface area contributed by atoms with E-state index in [9.17, 15) is 4.79 Å². The van der Waals surface area contributed by atoms with E-state index in [4.69, 9.17) is 4.74 Å². The van der Waals surface area contributed by atoms with Gasteiger partial charge in [0.05, 0.1) is 13.0 Å². The first kappa shape index (κ1) is 12.3. The molecule has 0 N–H and O–H groups in total. The summed E-state index contributed by atoms with van der Waals surface area (Å²) in [6.45, 7) is 10.7. The number of rotatable bonds is 1. The molecule has 0 aromatic rings. The van der Waals surface area contributed by atoms with Crippen LogP contribution in [0.4, 0.5) is 0 Å². The molecule has 1 fully saturated rings. The first-order valence-electron chi connectivity index (χ1n) is 5.61. The fourth-order valence-electron chi connectivity index (χ4n) is 2.29. The smallest absolute Gasteiger partial charge is 0.312 e. The van der Waals surface area contributed by atoms with Gasteiger partial charge >= 0.3 is 5.97 Å². The van der Waals surface area contributed by atoms with Crippen molar-refractivity contribution in [3.05, 3.63) is 12.2 Å². The molecule has 0 heterocycles. The molecular formula is C13H22O2. The Hall–Kier alpha value is -0.790. The minimum absolute atomic E-state index is 0.0759. The maximum atomic E-state index is 11.6. The standard InChI is InChI=1S/C13H22O2/c1-9-6-7-10(13(2,3)4)8-11(9)12(14)15-5/h10-11H,1,6-8H2,2-5H3/t10-,11+/m0/s1. The molecule has 1 rings (SSSR count). The largest absolute Gasteiger partial charge is 0.469 e. The normalized spacial score (nSPS) is 27.6. The average Bonchev–Trinajstić information content (AvgIpc) is 2.15. The highest BCUT2D eigenvalue weighted by molar-refractivity contribution is 5.75. The van der Waals surface area contributed by atoms with Crippen molar-refractivity contribution in [3.63, 3.8) is 0 Å². The van der Waals surface area contributed by atoms with E-state index in [0.29, 0.717) is 5.92 Å². The van der Waals surface area contributed by atoms with Crippen molar-refractivity contribution in [2.75, 3.05) is 7.11 Å². The number of esters is 1. The lowest BCUT2D eigenvalue weighted by molar-refractivity contribution is -0.145. The van der Waals surface area contributed by atoms with Crippen molar-refractivity contribution < 1.29 is 9.53 Å². The Morgan fingerprint density at radius 3 is 2.53 bits per heavy atom. The number of hydrogen-bond donors (Lipinski definition) is 0. The number of hydrogen-bond acceptors (Lipinski definition) is 2. The van der Waals surface area contributed by atoms with Crippen LogP contribution in [-0.2, 0) is 9.53 Å². The van der Waals surface area contributed by atoms with Crippen molar-refractivity contribution in [1.29, 1.82) is 0 Å². The highest BCUT2D eigenvalue weighted by Gasteiger charge is 2.35. The maximum absolute atomic E-state index is 11.6. The zero-order valence-electron chi connectivity index (χ0n) is 10.3. The lowest BCUT2D eigenvalue weighted by Crippen LogP contribution is -2.32. The van der Waals surface area contributed by atoms with Crippen LogP contribution in [-0.4, -0.2) is 13.1 Å². The van der Waals surface area contributed by atoms with Gasteiger partial charge in [-0.3, -0.25) is 4.79 Å². The highest BCUT2D eigenvalue weighted by atomic mass is 16.5. The minimum Gasteiger partial charge on any atom is -0.469 e. The molecule has 0 unspecified atom stereocenters. The molecule has 0 aromatic heterocycles. The quantitative estimate of drug-likeness (QED) is 0.491. The Morgan fingerprint density at radius 1 is 1.47 bits per heavy atom. The first-order valence-corrected chi connectivity index (χ1v) is 5.61. The summed E-state index contributed by atoms with van der Waals surface area (Å²) in [6.07, 6.45) is 3.01. The van der Waals surface area contributed by atoms with Gasteiger partial charge in [-0.15, -0.1) is 0 Å². The van der Waals surface area contributed by atoms with Gasteiger partial charge < -0.3 is 4.74 Å². The molecule has 2 nitrogen and oxygen atoms in total. The van der Waals surface area contributed by atoms with E-state index in [1.54, 1.807) is 0 Å². The van der Waals surface area contributed by atoms with E-state index in [2.05, 4.69) is 27.4 Å². The van der Waals surface area contributed by atoms with Crippen molar-refractivity contribution in [1.82, 2.24) is 0 Å². The fraction of sp³-hybridized carbons (Fsp3) is 0.769. The lowest BCUT2D eigenvalue weighted by Gasteiger charge is -2.37. The summed E-state index contributed by atoms with van der Waals surface area (Å²) in [4.78, 5) is 11.6. The summed E-state index contributed by atoms with van der Waals surface area (Å²) in [5.41, 5.74) is 1.31. The van der Waals surface area contributed by atoms with E-state index < -0.39 is 0 Å². The number of methoxy groups -OCH3 is 1. The molecule has 0 aliphatic heterocycles. The van der Waals surface area contributed by atoms with Crippen molar-refractivity contribution in [3.8, 4) is 0 Å². The summed E-state index contributed by atoms with van der Waals surface area (Å²) < 4.78 is 4.82. The molecule has 1 saturated carbocycles. The fourth-order valence-corrected chi connectivity index (χ4v) is 2.29. The van der Waals surface area contributed by atoms with Crippen LogP contribution in [0.1, 0.15) is 40.0 Å². The SMILES string of the molecule is C=C1CC[C@H](C(C)(C)C)C[C@H]1C(=O)OC. The van der Waals surface area contributed by atoms with Crippen LogP contribution in [0, 0.1) is 17.3 Å². The van der Waals surface area contributed by atoms with Crippen LogP contribution in [0.5, 0.6) is 0 Å². The zero-order chi connectivity index (χ0) is 11.6. The second-order valence-corrected chi connectivity index (χ2v) is 5.57. The molecule has 1 aliphatic carbocycles. The van der Waals surface area contributed by atoms with Crippen LogP contribution < -0.4 is 0 Å². The molecule has 0 amide bonds. The molecule has 0 spiro atoms. The van der Waals surface area contributed by atoms with Gasteiger partial charge in [-0.2, -0.15) is 0 Å². The Bertz CT molecular complexity index is 252. The molecule has 2 atom stereocenters. The van der Waals surface area contributed by atoms with Crippen molar-refractivity contribution >= 4 is 5.97 Å². The van der Waals surface area contributed by atoms with Gasteiger partial charge in [-0.05, 0) is 30.6 Å². The zero-order valence-corrected chi connectivity index (χ0v) is 10.3. The van der Waals surface area contributed by atoms with Gasteiger partial charge in [0.15, 0.2) is 0 Å². The Morgan fingerprint density at radius 2 is 2.07 bits per heavy atom. The molecule has 86 valence electrons. The van der Waals surface area contributed by atoms with Crippen molar-refractivity contribution in [2.45, 2.75) is 40.0 Å². The summed E-state index contributed by atoms with van der Waals surface area (Å²) in [6, 6.07) is 0. The van der Waals surface area contributed by atoms with E-state index in [1.807, 2.05) is 0 Å². The van der Waals surface area contributed by atoms with Gasteiger partial charge in [0.2, 0.25) is 0 Å². The summed E-state index contributed by atoms with van der Waals surface area (Å²) in [7, 11) is 1.45. The summed E-state index contributed by atoms with van der Waals surface area (Å²) in [5.74, 6) is 0.397. The molecule has 0 radical (unpaired) electrons. The average molecular weight is 210 g/mol. The minimum atomic E-state index is -0.117. The number of ether oxygens (including phenoxy) is 1. The van der Waals surface area contributed by atoms with Gasteiger partial charge in [-0.25, -0.2) is 0 Å². The van der Waals surface area contributed by atoms with Crippen LogP contribution in [0.15, 0.2) is 12.2 Å². The van der Waals surface area contributed by atoms with Gasteiger partial charge in [-0.1, -0.05) is 32.9 Å². The Kier molecular flexibility index (Phi) is 3.58. The lowest BCUT2D eigenvalue weighted by atomic mass is 9.68. The van der Waals surface area contributed by atoms with Crippen LogP contribution >= 0.6 is 0 Å². The predicted octanol–water partition coefficient (Wildman–Crippen LogP) is 3.18. The molecule has 0 saturated heterocycles. The van der Waals surface area contributed by atoms with Crippen LogP contribution in [0.25, 0.3) is 0 Å². The Labute approximate surface area is 92.7 Å². The summed E-state index contributed by atoms with van der Waals surface area (Å²) >= 11 is 0. The maximum Gasteiger partial charge on any atom is 0.312 e. The molecule has 1 aliphatic rings. The molecule has 0 bridgehead atoms. The highest BCUT2D eigenvalue weighted by Crippen LogP contribution is 2.42. The third-order valence-electron chi connectivity index (χ3n) is 3.54. The van der Waals surface area contributed by atoms with E-state index in [0.717, 1.165) is 24.8 Å². The second-order valence-electron chi connectivity index (χ2n) is 5.57. The Balaban J connectivity index is 2.72. The first-order chi connectivity index (χ1) is 6.86. The topological polar surface area (TPSA) is 26.3 Å². The molecule has 2 heteroatoms. The van der Waals surface area contributed by atoms with Gasteiger partial charge in [0.25, 0.3) is 0 Å². The van der Waals surface area contributed by atoms with Crippen LogP contribution in [0.3, 0.4) is 0 Å². The summed E-state index contributed by atoms with van der Waals surface area (Å²) in [5, 5.41) is 0. The third-order valence-corrected chi connectivity index (χ3v) is 3.54. The number of carbonyl (C=O) groups is 1. The van der Waals surface area contributed by atoms with Gasteiger partial charge in [0.1, 0.15) is 0 Å². The molecular weight excluding hydrogens is 188 g/mol. The van der Waals surface area contributed by atoms with E-state index in [1.165, 1.54) is 7.11 Å².